The summed E-state index contributed by atoms with van der Waals surface area (Å²) < 4.78 is 5.36. The highest BCUT2D eigenvalue weighted by Gasteiger charge is 2.17. The SMILES string of the molecule is COc1ccccc1/C=C/CN1CCN(c2ccc([N+](=O)[O-])cc2)CC1. The van der Waals surface area contributed by atoms with E-state index in [1.165, 1.54) is 0 Å². The molecule has 0 spiro atoms. The smallest absolute Gasteiger partial charge is 0.269 e. The molecule has 3 rings (SSSR count). The van der Waals surface area contributed by atoms with Gasteiger partial charge in [-0.15, -0.1) is 0 Å². The summed E-state index contributed by atoms with van der Waals surface area (Å²) in [4.78, 5) is 15.0. The molecule has 6 heteroatoms. The van der Waals surface area contributed by atoms with Gasteiger partial charge in [0.2, 0.25) is 0 Å². The van der Waals surface area contributed by atoms with Gasteiger partial charge in [0, 0.05) is 56.1 Å². The van der Waals surface area contributed by atoms with Crippen molar-refractivity contribution < 1.29 is 9.66 Å². The average Bonchev–Trinajstić information content (AvgIpc) is 2.69. The summed E-state index contributed by atoms with van der Waals surface area (Å²) >= 11 is 0. The minimum Gasteiger partial charge on any atom is -0.496 e. The number of para-hydroxylation sites is 1. The number of ether oxygens (including phenoxy) is 1. The van der Waals surface area contributed by atoms with Gasteiger partial charge < -0.3 is 9.64 Å². The van der Waals surface area contributed by atoms with Crippen molar-refractivity contribution in [1.82, 2.24) is 4.90 Å². The number of anilines is 1. The van der Waals surface area contributed by atoms with Crippen LogP contribution in [0.25, 0.3) is 6.08 Å². The van der Waals surface area contributed by atoms with Gasteiger partial charge in [0.15, 0.2) is 0 Å². The van der Waals surface area contributed by atoms with Crippen LogP contribution in [-0.2, 0) is 0 Å². The molecule has 2 aromatic carbocycles. The molecule has 0 amide bonds. The van der Waals surface area contributed by atoms with Gasteiger partial charge >= 0.3 is 0 Å². The Morgan fingerprint density at radius 2 is 1.77 bits per heavy atom. The Morgan fingerprint density at radius 1 is 1.08 bits per heavy atom. The fourth-order valence-corrected chi connectivity index (χ4v) is 3.11. The number of hydrogen-bond acceptors (Lipinski definition) is 5. The van der Waals surface area contributed by atoms with Crippen molar-refractivity contribution in [2.24, 2.45) is 0 Å². The van der Waals surface area contributed by atoms with Crippen LogP contribution in [-0.4, -0.2) is 49.7 Å². The molecule has 1 fully saturated rings. The maximum atomic E-state index is 10.7. The van der Waals surface area contributed by atoms with Crippen LogP contribution in [0.5, 0.6) is 5.75 Å². The van der Waals surface area contributed by atoms with Crippen LogP contribution in [0.1, 0.15) is 5.56 Å². The number of nitro benzene ring substituents is 1. The molecule has 1 heterocycles. The molecule has 0 aromatic heterocycles. The minimum atomic E-state index is -0.365. The van der Waals surface area contributed by atoms with Gasteiger partial charge in [0.25, 0.3) is 5.69 Å². The lowest BCUT2D eigenvalue weighted by atomic mass is 10.2. The van der Waals surface area contributed by atoms with Gasteiger partial charge in [-0.05, 0) is 18.2 Å². The zero-order valence-corrected chi connectivity index (χ0v) is 14.9. The molecule has 0 saturated carbocycles. The largest absolute Gasteiger partial charge is 0.496 e. The molecule has 0 N–H and O–H groups in total. The molecule has 0 atom stereocenters. The van der Waals surface area contributed by atoms with Gasteiger partial charge in [-0.2, -0.15) is 0 Å². The molecule has 0 bridgehead atoms. The van der Waals surface area contributed by atoms with Crippen molar-refractivity contribution in [2.75, 3.05) is 44.7 Å². The Morgan fingerprint density at radius 3 is 2.42 bits per heavy atom. The molecule has 2 aromatic rings. The molecule has 0 aliphatic carbocycles. The van der Waals surface area contributed by atoms with E-state index in [1.807, 2.05) is 36.4 Å². The van der Waals surface area contributed by atoms with Crippen LogP contribution in [0.4, 0.5) is 11.4 Å². The van der Waals surface area contributed by atoms with Gasteiger partial charge in [-0.3, -0.25) is 15.0 Å². The van der Waals surface area contributed by atoms with Gasteiger partial charge in [-0.1, -0.05) is 30.4 Å². The first kappa shape index (κ1) is 17.9. The summed E-state index contributed by atoms with van der Waals surface area (Å²) in [5, 5.41) is 10.7. The maximum absolute atomic E-state index is 10.7. The minimum absolute atomic E-state index is 0.133. The van der Waals surface area contributed by atoms with E-state index in [2.05, 4.69) is 22.0 Å². The second-order valence-electron chi connectivity index (χ2n) is 6.21. The predicted molar refractivity (Wildman–Crippen MR) is 104 cm³/mol. The molecule has 1 aliphatic rings. The van der Waals surface area contributed by atoms with Gasteiger partial charge in [0.05, 0.1) is 12.0 Å². The lowest BCUT2D eigenvalue weighted by molar-refractivity contribution is -0.384. The van der Waals surface area contributed by atoms with Gasteiger partial charge in [-0.25, -0.2) is 0 Å². The Labute approximate surface area is 153 Å². The number of hydrogen-bond donors (Lipinski definition) is 0. The van der Waals surface area contributed by atoms with Crippen molar-refractivity contribution in [3.63, 3.8) is 0 Å². The molecule has 26 heavy (non-hydrogen) atoms. The highest BCUT2D eigenvalue weighted by Crippen LogP contribution is 2.21. The predicted octanol–water partition coefficient (Wildman–Crippen LogP) is 3.44. The number of rotatable bonds is 6. The molecular formula is C20H23N3O3. The van der Waals surface area contributed by atoms with E-state index in [9.17, 15) is 10.1 Å². The molecule has 6 nitrogen and oxygen atoms in total. The molecule has 1 saturated heterocycles. The van der Waals surface area contributed by atoms with Crippen LogP contribution in [0.2, 0.25) is 0 Å². The molecule has 1 aliphatic heterocycles. The van der Waals surface area contributed by atoms with Crippen molar-refractivity contribution in [2.45, 2.75) is 0 Å². The molecular weight excluding hydrogens is 330 g/mol. The highest BCUT2D eigenvalue weighted by atomic mass is 16.6. The topological polar surface area (TPSA) is 58.8 Å². The average molecular weight is 353 g/mol. The first-order valence-corrected chi connectivity index (χ1v) is 8.68. The number of nitro groups is 1. The zero-order chi connectivity index (χ0) is 18.4. The summed E-state index contributed by atoms with van der Waals surface area (Å²) in [7, 11) is 1.68. The van der Waals surface area contributed by atoms with Crippen molar-refractivity contribution >= 4 is 17.5 Å². The fourth-order valence-electron chi connectivity index (χ4n) is 3.11. The van der Waals surface area contributed by atoms with Crippen LogP contribution in [0.15, 0.2) is 54.6 Å². The van der Waals surface area contributed by atoms with E-state index in [0.717, 1.165) is 49.7 Å². The van der Waals surface area contributed by atoms with Crippen molar-refractivity contribution in [1.29, 1.82) is 0 Å². The fraction of sp³-hybridized carbons (Fsp3) is 0.300. The van der Waals surface area contributed by atoms with E-state index in [4.69, 9.17) is 4.74 Å². The number of piperazine rings is 1. The Hall–Kier alpha value is -2.86. The number of non-ortho nitro benzene ring substituents is 1. The van der Waals surface area contributed by atoms with Crippen LogP contribution >= 0.6 is 0 Å². The summed E-state index contributed by atoms with van der Waals surface area (Å²) in [6.45, 7) is 4.66. The summed E-state index contributed by atoms with van der Waals surface area (Å²) in [6.07, 6.45) is 4.26. The number of benzene rings is 2. The second kappa shape index (κ2) is 8.49. The third-order valence-corrected chi connectivity index (χ3v) is 4.60. The van der Waals surface area contributed by atoms with Crippen LogP contribution in [0.3, 0.4) is 0 Å². The van der Waals surface area contributed by atoms with Crippen LogP contribution < -0.4 is 9.64 Å². The molecule has 136 valence electrons. The number of nitrogens with zero attached hydrogens (tertiary/aromatic N) is 3. The maximum Gasteiger partial charge on any atom is 0.269 e. The van der Waals surface area contributed by atoms with E-state index in [-0.39, 0.29) is 10.6 Å². The summed E-state index contributed by atoms with van der Waals surface area (Å²) in [5.41, 5.74) is 2.26. The van der Waals surface area contributed by atoms with E-state index >= 15 is 0 Å². The van der Waals surface area contributed by atoms with E-state index in [1.54, 1.807) is 19.2 Å². The van der Waals surface area contributed by atoms with E-state index < -0.39 is 0 Å². The lowest BCUT2D eigenvalue weighted by Crippen LogP contribution is -2.46. The third kappa shape index (κ3) is 4.40. The lowest BCUT2D eigenvalue weighted by Gasteiger charge is -2.35. The Balaban J connectivity index is 1.50. The Bertz CT molecular complexity index is 766. The monoisotopic (exact) mass is 353 g/mol. The zero-order valence-electron chi connectivity index (χ0n) is 14.9. The third-order valence-electron chi connectivity index (χ3n) is 4.60. The standard InChI is InChI=1S/C20H23N3O3/c1-26-20-7-3-2-5-17(20)6-4-12-21-13-15-22(16-14-21)18-8-10-19(11-9-18)23(24)25/h2-11H,12-16H2,1H3/b6-4+. The van der Waals surface area contributed by atoms with E-state index in [0.29, 0.717) is 0 Å². The molecule has 0 unspecified atom stereocenters. The van der Waals surface area contributed by atoms with Crippen molar-refractivity contribution in [3.8, 4) is 5.75 Å². The summed E-state index contributed by atoms with van der Waals surface area (Å²) in [5.74, 6) is 0.881. The first-order chi connectivity index (χ1) is 12.7. The summed E-state index contributed by atoms with van der Waals surface area (Å²) in [6, 6.07) is 14.8. The Kier molecular flexibility index (Phi) is 5.86. The van der Waals surface area contributed by atoms with Crippen molar-refractivity contribution in [3.05, 3.63) is 70.3 Å². The van der Waals surface area contributed by atoms with Crippen LogP contribution in [0, 0.1) is 10.1 Å². The second-order valence-corrected chi connectivity index (χ2v) is 6.21. The number of methoxy groups -OCH3 is 1. The molecule has 0 radical (unpaired) electrons. The highest BCUT2D eigenvalue weighted by molar-refractivity contribution is 5.57. The normalized spacial score (nSPS) is 15.3. The quantitative estimate of drug-likeness (QED) is 0.588. The first-order valence-electron chi connectivity index (χ1n) is 8.68. The van der Waals surface area contributed by atoms with Gasteiger partial charge in [0.1, 0.15) is 5.75 Å².